The van der Waals surface area contributed by atoms with Crippen LogP contribution in [0.3, 0.4) is 0 Å². The summed E-state index contributed by atoms with van der Waals surface area (Å²) in [4.78, 5) is 33.4. The average Bonchev–Trinajstić information content (AvgIpc) is 3.71. The van der Waals surface area contributed by atoms with E-state index in [9.17, 15) is 13.6 Å². The van der Waals surface area contributed by atoms with Gasteiger partial charge in [-0.3, -0.25) is 14.3 Å². The van der Waals surface area contributed by atoms with Crippen molar-refractivity contribution in [3.63, 3.8) is 0 Å². The topological polar surface area (TPSA) is 124 Å². The minimum absolute atomic E-state index is 0.177. The fourth-order valence-corrected chi connectivity index (χ4v) is 9.11. The van der Waals surface area contributed by atoms with E-state index in [4.69, 9.17) is 25.2 Å². The first-order valence-corrected chi connectivity index (χ1v) is 16.6. The Bertz CT molecular complexity index is 1880. The van der Waals surface area contributed by atoms with Crippen LogP contribution < -0.4 is 26.2 Å². The van der Waals surface area contributed by atoms with Gasteiger partial charge in [-0.2, -0.15) is 9.97 Å². The number of nitrogens with zero attached hydrogens (tertiary/aromatic N) is 6. The highest BCUT2D eigenvalue weighted by molar-refractivity contribution is 7.22. The number of anilines is 2. The molecule has 11 nitrogen and oxygen atoms in total. The van der Waals surface area contributed by atoms with Crippen LogP contribution in [-0.2, 0) is 4.74 Å². The van der Waals surface area contributed by atoms with Gasteiger partial charge < -0.3 is 25.4 Å². The molecule has 0 spiro atoms. The predicted octanol–water partition coefficient (Wildman–Crippen LogP) is 3.26. The fourth-order valence-electron chi connectivity index (χ4n) is 8.35. The van der Waals surface area contributed by atoms with Gasteiger partial charge >= 0.3 is 6.01 Å². The zero-order valence-electron chi connectivity index (χ0n) is 24.7. The normalized spacial score (nSPS) is 28.3. The maximum absolute atomic E-state index is 14.8. The van der Waals surface area contributed by atoms with Crippen LogP contribution in [0.15, 0.2) is 23.0 Å². The summed E-state index contributed by atoms with van der Waals surface area (Å²) in [7, 11) is 0. The van der Waals surface area contributed by atoms with Crippen molar-refractivity contribution in [3.05, 3.63) is 34.4 Å². The molecular weight excluding hydrogens is 602 g/mol. The van der Waals surface area contributed by atoms with Crippen LogP contribution >= 0.6 is 11.3 Å². The standard InChI is InChI=1S/C31H34F2N8O3S/c32-16-9-31(6-1-7-39(31)12-16)15-44-30-36-22-8-23(20-4-5-21(33)26-25(20)37-29(34)45-26)41(19-13-43-14-19)28(42)24(22)27(38-30)40-17-2-3-18(40)11-35-10-17/h4-5,8,16-19,35H,1-3,6-7,9-15H2,(H2,34,37)/t16-,17?,18?,31+/m1/s1. The summed E-state index contributed by atoms with van der Waals surface area (Å²) in [6, 6.07) is 5.25. The first-order valence-electron chi connectivity index (χ1n) is 15.8. The molecule has 3 aromatic heterocycles. The number of rotatable bonds is 6. The number of alkyl halides is 1. The van der Waals surface area contributed by atoms with E-state index in [1.165, 1.54) is 6.07 Å². The molecule has 236 valence electrons. The summed E-state index contributed by atoms with van der Waals surface area (Å²) in [5.74, 6) is 0.161. The van der Waals surface area contributed by atoms with E-state index < -0.39 is 12.0 Å². The molecule has 0 aliphatic carbocycles. The highest BCUT2D eigenvalue weighted by atomic mass is 32.1. The average molecular weight is 637 g/mol. The molecule has 4 atom stereocenters. The van der Waals surface area contributed by atoms with E-state index in [-0.39, 0.29) is 47.0 Å². The minimum Gasteiger partial charge on any atom is -0.461 e. The Balaban J connectivity index is 1.24. The Hall–Kier alpha value is -3.46. The number of hydrogen-bond acceptors (Lipinski definition) is 11. The van der Waals surface area contributed by atoms with Crippen LogP contribution in [0.25, 0.3) is 32.4 Å². The van der Waals surface area contributed by atoms with E-state index in [1.54, 1.807) is 10.6 Å². The smallest absolute Gasteiger partial charge is 0.319 e. The number of hydrogen-bond donors (Lipinski definition) is 2. The summed E-state index contributed by atoms with van der Waals surface area (Å²) >= 11 is 1.08. The van der Waals surface area contributed by atoms with Gasteiger partial charge in [-0.15, -0.1) is 0 Å². The summed E-state index contributed by atoms with van der Waals surface area (Å²) < 4.78 is 43.3. The molecule has 5 aliphatic heterocycles. The van der Waals surface area contributed by atoms with Gasteiger partial charge in [0.05, 0.1) is 46.2 Å². The Morgan fingerprint density at radius 1 is 1.16 bits per heavy atom. The van der Waals surface area contributed by atoms with E-state index >= 15 is 0 Å². The molecule has 2 unspecified atom stereocenters. The van der Waals surface area contributed by atoms with Crippen LogP contribution in [0.2, 0.25) is 0 Å². The van der Waals surface area contributed by atoms with Crippen molar-refractivity contribution >= 4 is 43.4 Å². The van der Waals surface area contributed by atoms with Gasteiger partial charge in [0, 0.05) is 43.7 Å². The molecule has 1 aromatic carbocycles. The molecule has 8 heterocycles. The molecule has 9 rings (SSSR count). The Labute approximate surface area is 261 Å². The summed E-state index contributed by atoms with van der Waals surface area (Å²) in [5.41, 5.74) is 7.43. The summed E-state index contributed by atoms with van der Waals surface area (Å²) in [5, 5.41) is 4.19. The van der Waals surface area contributed by atoms with Crippen molar-refractivity contribution in [2.24, 2.45) is 0 Å². The van der Waals surface area contributed by atoms with Gasteiger partial charge in [0.1, 0.15) is 29.8 Å². The Morgan fingerprint density at radius 3 is 2.76 bits per heavy atom. The third kappa shape index (κ3) is 4.29. The lowest BCUT2D eigenvalue weighted by Crippen LogP contribution is -2.52. The molecule has 2 bridgehead atoms. The molecule has 0 radical (unpaired) electrons. The van der Waals surface area contributed by atoms with Crippen molar-refractivity contribution in [3.8, 4) is 17.3 Å². The van der Waals surface area contributed by atoms with Gasteiger partial charge in [-0.05, 0) is 50.4 Å². The summed E-state index contributed by atoms with van der Waals surface area (Å²) in [6.07, 6.45) is 3.43. The number of nitrogens with two attached hydrogens (primary N) is 1. The molecular formula is C31H34F2N8O3S. The van der Waals surface area contributed by atoms with Gasteiger partial charge in [0.15, 0.2) is 5.13 Å². The zero-order valence-corrected chi connectivity index (χ0v) is 25.5. The van der Waals surface area contributed by atoms with Crippen LogP contribution in [0.1, 0.15) is 38.1 Å². The van der Waals surface area contributed by atoms with Crippen molar-refractivity contribution < 1.29 is 18.3 Å². The first kappa shape index (κ1) is 27.8. The second kappa shape index (κ2) is 10.3. The van der Waals surface area contributed by atoms with Gasteiger partial charge in [0.25, 0.3) is 5.56 Å². The third-order valence-corrected chi connectivity index (χ3v) is 11.4. The van der Waals surface area contributed by atoms with Crippen LogP contribution in [0, 0.1) is 5.82 Å². The van der Waals surface area contributed by atoms with E-state index in [2.05, 4.69) is 20.1 Å². The van der Waals surface area contributed by atoms with Crippen molar-refractivity contribution in [2.75, 3.05) is 56.6 Å². The van der Waals surface area contributed by atoms with Gasteiger partial charge in [-0.25, -0.2) is 13.8 Å². The van der Waals surface area contributed by atoms with E-state index in [1.807, 2.05) is 6.07 Å². The first-order chi connectivity index (χ1) is 21.9. The minimum atomic E-state index is -0.873. The maximum Gasteiger partial charge on any atom is 0.319 e. The van der Waals surface area contributed by atoms with Crippen LogP contribution in [0.5, 0.6) is 6.01 Å². The lowest BCUT2D eigenvalue weighted by Gasteiger charge is -2.37. The van der Waals surface area contributed by atoms with Crippen molar-refractivity contribution in [1.29, 1.82) is 0 Å². The molecule has 45 heavy (non-hydrogen) atoms. The highest BCUT2D eigenvalue weighted by Crippen LogP contribution is 2.42. The number of thiazole rings is 1. The Morgan fingerprint density at radius 2 is 1.98 bits per heavy atom. The number of piperazine rings is 1. The molecule has 5 fully saturated rings. The van der Waals surface area contributed by atoms with Crippen LogP contribution in [0.4, 0.5) is 19.7 Å². The molecule has 5 aliphatic rings. The largest absolute Gasteiger partial charge is 0.461 e. The Kier molecular flexibility index (Phi) is 6.35. The molecule has 14 heteroatoms. The van der Waals surface area contributed by atoms with Crippen molar-refractivity contribution in [2.45, 2.75) is 61.9 Å². The quantitative estimate of drug-likeness (QED) is 0.326. The number of nitrogen functional groups attached to an aromatic ring is 1. The molecule has 4 aromatic rings. The van der Waals surface area contributed by atoms with E-state index in [0.717, 1.165) is 56.7 Å². The molecule has 3 N–H and O–H groups in total. The number of halogens is 2. The number of pyridine rings is 1. The number of ether oxygens (including phenoxy) is 2. The van der Waals surface area contributed by atoms with Crippen LogP contribution in [-0.4, -0.2) is 94.2 Å². The monoisotopic (exact) mass is 636 g/mol. The van der Waals surface area contributed by atoms with Gasteiger partial charge in [0.2, 0.25) is 0 Å². The summed E-state index contributed by atoms with van der Waals surface area (Å²) in [6.45, 7) is 3.94. The van der Waals surface area contributed by atoms with E-state index in [0.29, 0.717) is 64.4 Å². The predicted molar refractivity (Wildman–Crippen MR) is 167 cm³/mol. The molecule has 0 saturated carbocycles. The molecule has 0 amide bonds. The number of fused-ring (bicyclic) bond motifs is 5. The second-order valence-corrected chi connectivity index (χ2v) is 14.2. The van der Waals surface area contributed by atoms with Gasteiger partial charge in [-0.1, -0.05) is 11.3 Å². The third-order valence-electron chi connectivity index (χ3n) is 10.5. The number of aromatic nitrogens is 4. The van der Waals surface area contributed by atoms with Crippen molar-refractivity contribution in [1.82, 2.24) is 29.7 Å². The fraction of sp³-hybridized carbons (Fsp3) is 0.548. The second-order valence-electron chi connectivity index (χ2n) is 13.1. The SMILES string of the molecule is Nc1nc2c(-c3cc4nc(OC[C@@]56CCCN5C[C@H](F)C6)nc(N5C6CCC5CNC6)c4c(=O)n3C3COC3)ccc(F)c2s1. The number of nitrogens with one attached hydrogen (secondary N) is 1. The molecule has 5 saturated heterocycles. The highest BCUT2D eigenvalue weighted by Gasteiger charge is 2.49. The lowest BCUT2D eigenvalue weighted by atomic mass is 9.95. The maximum atomic E-state index is 14.8. The number of benzene rings is 1. The zero-order chi connectivity index (χ0) is 30.4. The lowest BCUT2D eigenvalue weighted by molar-refractivity contribution is -0.0238.